The molecule has 2 N–H and O–H groups in total. The molecule has 3 rings (SSSR count). The highest BCUT2D eigenvalue weighted by molar-refractivity contribution is 5.74. The number of fused-ring (bicyclic) bond motifs is 2. The van der Waals surface area contributed by atoms with E-state index in [9.17, 15) is 4.79 Å². The van der Waals surface area contributed by atoms with E-state index in [0.717, 1.165) is 17.5 Å². The van der Waals surface area contributed by atoms with Crippen LogP contribution in [0.5, 0.6) is 0 Å². The Labute approximate surface area is 120 Å². The van der Waals surface area contributed by atoms with E-state index < -0.39 is 0 Å². The van der Waals surface area contributed by atoms with Crippen molar-refractivity contribution >= 4 is 6.03 Å². The molecule has 0 radical (unpaired) electrons. The lowest BCUT2D eigenvalue weighted by Gasteiger charge is -2.28. The van der Waals surface area contributed by atoms with Gasteiger partial charge in [0.25, 0.3) is 0 Å². The van der Waals surface area contributed by atoms with E-state index in [-0.39, 0.29) is 12.1 Å². The summed E-state index contributed by atoms with van der Waals surface area (Å²) in [6, 6.07) is 5.92. The molecule has 0 saturated heterocycles. The van der Waals surface area contributed by atoms with Gasteiger partial charge in [0, 0.05) is 12.2 Å². The van der Waals surface area contributed by atoms with Gasteiger partial charge >= 0.3 is 6.03 Å². The quantitative estimate of drug-likeness (QED) is 0.886. The Bertz CT molecular complexity index is 462. The molecular formula is C16H23N3O. The molecule has 1 heterocycles. The number of pyridine rings is 1. The molecule has 2 saturated carbocycles. The van der Waals surface area contributed by atoms with Crippen molar-refractivity contribution in [2.24, 2.45) is 17.8 Å². The highest BCUT2D eigenvalue weighted by Gasteiger charge is 2.42. The summed E-state index contributed by atoms with van der Waals surface area (Å²) in [6.45, 7) is 2.63. The highest BCUT2D eigenvalue weighted by Crippen LogP contribution is 2.49. The Hall–Kier alpha value is -1.58. The van der Waals surface area contributed by atoms with E-state index in [4.69, 9.17) is 0 Å². The van der Waals surface area contributed by atoms with E-state index in [1.54, 1.807) is 6.20 Å². The van der Waals surface area contributed by atoms with Crippen molar-refractivity contribution in [2.45, 2.75) is 45.2 Å². The summed E-state index contributed by atoms with van der Waals surface area (Å²) in [6.07, 6.45) is 7.18. The van der Waals surface area contributed by atoms with E-state index in [1.807, 2.05) is 18.2 Å². The minimum absolute atomic E-state index is 0.0778. The van der Waals surface area contributed by atoms with Crippen molar-refractivity contribution in [1.29, 1.82) is 0 Å². The minimum atomic E-state index is -0.0778. The van der Waals surface area contributed by atoms with Gasteiger partial charge in [-0.2, -0.15) is 0 Å². The van der Waals surface area contributed by atoms with Crippen LogP contribution in [-0.2, 0) is 6.54 Å². The fourth-order valence-corrected chi connectivity index (χ4v) is 3.94. The maximum absolute atomic E-state index is 11.9. The molecule has 2 bridgehead atoms. The zero-order valence-corrected chi connectivity index (χ0v) is 12.0. The number of carbonyl (C=O) groups excluding carboxylic acids is 1. The van der Waals surface area contributed by atoms with Crippen molar-refractivity contribution < 1.29 is 4.79 Å². The van der Waals surface area contributed by atoms with Crippen molar-refractivity contribution in [3.05, 3.63) is 30.1 Å². The number of nitrogens with one attached hydrogen (secondary N) is 2. The first-order chi connectivity index (χ1) is 9.72. The predicted octanol–water partition coefficient (Wildman–Crippen LogP) is 2.71. The third kappa shape index (κ3) is 2.94. The normalized spacial score (nSPS) is 29.1. The molecule has 0 aliphatic heterocycles. The van der Waals surface area contributed by atoms with Crippen LogP contribution in [-0.4, -0.2) is 17.1 Å². The van der Waals surface area contributed by atoms with Crippen LogP contribution >= 0.6 is 0 Å². The monoisotopic (exact) mass is 273 g/mol. The van der Waals surface area contributed by atoms with Crippen LogP contribution in [0.3, 0.4) is 0 Å². The third-order valence-corrected chi connectivity index (χ3v) is 4.95. The van der Waals surface area contributed by atoms with E-state index in [0.29, 0.717) is 12.5 Å². The molecule has 20 heavy (non-hydrogen) atoms. The second kappa shape index (κ2) is 5.81. The zero-order valence-electron chi connectivity index (χ0n) is 12.0. The van der Waals surface area contributed by atoms with E-state index in [1.165, 1.54) is 25.7 Å². The molecule has 4 atom stereocenters. The Morgan fingerprint density at radius 2 is 2.30 bits per heavy atom. The van der Waals surface area contributed by atoms with Gasteiger partial charge in [0.1, 0.15) is 0 Å². The molecule has 0 aromatic carbocycles. The number of amides is 2. The molecule has 108 valence electrons. The molecule has 4 unspecified atom stereocenters. The zero-order chi connectivity index (χ0) is 13.9. The standard InChI is InChI=1S/C16H23N3O/c1-11(15-9-12-5-6-13(15)8-12)19-16(20)18-10-14-4-2-3-7-17-14/h2-4,7,11-13,15H,5-6,8-10H2,1H3,(H2,18,19,20). The largest absolute Gasteiger partial charge is 0.335 e. The van der Waals surface area contributed by atoms with Gasteiger partial charge < -0.3 is 10.6 Å². The van der Waals surface area contributed by atoms with Gasteiger partial charge in [-0.3, -0.25) is 4.98 Å². The van der Waals surface area contributed by atoms with Crippen LogP contribution in [0.15, 0.2) is 24.4 Å². The molecule has 4 heteroatoms. The number of urea groups is 1. The van der Waals surface area contributed by atoms with Gasteiger partial charge in [-0.25, -0.2) is 4.79 Å². The van der Waals surface area contributed by atoms with Gasteiger partial charge in [-0.05, 0) is 56.1 Å². The summed E-state index contributed by atoms with van der Waals surface area (Å²) in [5, 5.41) is 5.98. The lowest BCUT2D eigenvalue weighted by Crippen LogP contribution is -2.45. The SMILES string of the molecule is CC(NC(=O)NCc1ccccn1)C1CC2CCC1C2. The number of aromatic nitrogens is 1. The summed E-state index contributed by atoms with van der Waals surface area (Å²) in [5.74, 6) is 2.44. The van der Waals surface area contributed by atoms with Gasteiger partial charge in [-0.1, -0.05) is 12.5 Å². The molecule has 1 aromatic heterocycles. The van der Waals surface area contributed by atoms with Crippen LogP contribution in [0.2, 0.25) is 0 Å². The topological polar surface area (TPSA) is 54.0 Å². The molecule has 2 fully saturated rings. The van der Waals surface area contributed by atoms with Gasteiger partial charge in [0.15, 0.2) is 0 Å². The first-order valence-electron chi connectivity index (χ1n) is 7.66. The summed E-state index contributed by atoms with van der Waals surface area (Å²) >= 11 is 0. The van der Waals surface area contributed by atoms with Crippen molar-refractivity contribution in [2.75, 3.05) is 0 Å². The summed E-state index contributed by atoms with van der Waals surface area (Å²) in [4.78, 5) is 16.1. The molecule has 1 aromatic rings. The lowest BCUT2D eigenvalue weighted by atomic mass is 9.84. The van der Waals surface area contributed by atoms with Crippen LogP contribution in [0, 0.1) is 17.8 Å². The van der Waals surface area contributed by atoms with Crippen molar-refractivity contribution in [3.63, 3.8) is 0 Å². The average Bonchev–Trinajstić information content (AvgIpc) is 3.09. The molecule has 2 amide bonds. The first kappa shape index (κ1) is 13.4. The molecular weight excluding hydrogens is 250 g/mol. The Morgan fingerprint density at radius 3 is 2.95 bits per heavy atom. The third-order valence-electron chi connectivity index (χ3n) is 4.95. The number of nitrogens with zero attached hydrogens (tertiary/aromatic N) is 1. The summed E-state index contributed by atoms with van der Waals surface area (Å²) < 4.78 is 0. The first-order valence-corrected chi connectivity index (χ1v) is 7.66. The summed E-state index contributed by atoms with van der Waals surface area (Å²) in [7, 11) is 0. The number of hydrogen-bond acceptors (Lipinski definition) is 2. The lowest BCUT2D eigenvalue weighted by molar-refractivity contribution is 0.220. The summed E-state index contributed by atoms with van der Waals surface area (Å²) in [5.41, 5.74) is 0.884. The van der Waals surface area contributed by atoms with Gasteiger partial charge in [0.05, 0.1) is 12.2 Å². The van der Waals surface area contributed by atoms with Crippen LogP contribution < -0.4 is 10.6 Å². The maximum Gasteiger partial charge on any atom is 0.315 e. The predicted molar refractivity (Wildman–Crippen MR) is 78.0 cm³/mol. The fourth-order valence-electron chi connectivity index (χ4n) is 3.94. The molecule has 2 aliphatic carbocycles. The van der Waals surface area contributed by atoms with Crippen molar-refractivity contribution in [1.82, 2.24) is 15.6 Å². The molecule has 2 aliphatic rings. The van der Waals surface area contributed by atoms with Crippen molar-refractivity contribution in [3.8, 4) is 0 Å². The Kier molecular flexibility index (Phi) is 3.90. The van der Waals surface area contributed by atoms with Gasteiger partial charge in [0.2, 0.25) is 0 Å². The fraction of sp³-hybridized carbons (Fsp3) is 0.625. The number of carbonyl (C=O) groups is 1. The molecule has 4 nitrogen and oxygen atoms in total. The number of rotatable bonds is 4. The highest BCUT2D eigenvalue weighted by atomic mass is 16.2. The smallest absolute Gasteiger partial charge is 0.315 e. The van der Waals surface area contributed by atoms with Crippen LogP contribution in [0.4, 0.5) is 4.79 Å². The second-order valence-electron chi connectivity index (χ2n) is 6.28. The van der Waals surface area contributed by atoms with E-state index in [2.05, 4.69) is 22.5 Å². The maximum atomic E-state index is 11.9. The van der Waals surface area contributed by atoms with Crippen LogP contribution in [0.1, 0.15) is 38.3 Å². The van der Waals surface area contributed by atoms with Gasteiger partial charge in [-0.15, -0.1) is 0 Å². The van der Waals surface area contributed by atoms with Crippen LogP contribution in [0.25, 0.3) is 0 Å². The Morgan fingerprint density at radius 1 is 1.40 bits per heavy atom. The second-order valence-corrected chi connectivity index (χ2v) is 6.28. The Balaban J connectivity index is 1.44. The minimum Gasteiger partial charge on any atom is -0.335 e. The average molecular weight is 273 g/mol. The number of hydrogen-bond donors (Lipinski definition) is 2. The molecule has 0 spiro atoms. The van der Waals surface area contributed by atoms with E-state index >= 15 is 0 Å².